The van der Waals surface area contributed by atoms with E-state index in [2.05, 4.69) is 62.5 Å². The summed E-state index contributed by atoms with van der Waals surface area (Å²) in [6.07, 6.45) is 1.14. The van der Waals surface area contributed by atoms with Gasteiger partial charge in [-0.3, -0.25) is 0 Å². The first-order valence-corrected chi connectivity index (χ1v) is 7.38. The molecule has 0 aliphatic carbocycles. The predicted molar refractivity (Wildman–Crippen MR) is 80.1 cm³/mol. The van der Waals surface area contributed by atoms with Gasteiger partial charge in [0.05, 0.1) is 0 Å². The summed E-state index contributed by atoms with van der Waals surface area (Å²) in [5.41, 5.74) is 2.67. The zero-order valence-electron chi connectivity index (χ0n) is 11.4. The molecular weight excluding hydrogens is 238 g/mol. The molecule has 1 nitrogen and oxygen atoms in total. The summed E-state index contributed by atoms with van der Waals surface area (Å²) < 4.78 is 0. The second kappa shape index (κ2) is 6.17. The molecule has 1 N–H and O–H groups in total. The van der Waals surface area contributed by atoms with E-state index in [9.17, 15) is 0 Å². The van der Waals surface area contributed by atoms with Gasteiger partial charge in [0.15, 0.2) is 0 Å². The molecule has 2 aromatic rings. The number of hydrogen-bond acceptors (Lipinski definition) is 2. The van der Waals surface area contributed by atoms with E-state index in [0.29, 0.717) is 6.04 Å². The fourth-order valence-corrected chi connectivity index (χ4v) is 2.84. The Bertz CT molecular complexity index is 484. The molecule has 0 spiro atoms. The van der Waals surface area contributed by atoms with Crippen molar-refractivity contribution in [1.29, 1.82) is 0 Å². The van der Waals surface area contributed by atoms with E-state index in [1.54, 1.807) is 0 Å². The number of aryl methyl sites for hydroxylation is 2. The Labute approximate surface area is 114 Å². The van der Waals surface area contributed by atoms with Gasteiger partial charge in [-0.1, -0.05) is 36.8 Å². The second-order valence-electron chi connectivity index (χ2n) is 4.73. The lowest BCUT2D eigenvalue weighted by Gasteiger charge is -2.13. The van der Waals surface area contributed by atoms with Crippen LogP contribution in [0.3, 0.4) is 0 Å². The van der Waals surface area contributed by atoms with Crippen LogP contribution < -0.4 is 5.32 Å². The maximum atomic E-state index is 3.58. The summed E-state index contributed by atoms with van der Waals surface area (Å²) in [6.45, 7) is 7.51. The zero-order chi connectivity index (χ0) is 13.0. The predicted octanol–water partition coefficient (Wildman–Crippen LogP) is 4.47. The van der Waals surface area contributed by atoms with Crippen LogP contribution in [0.25, 0.3) is 0 Å². The van der Waals surface area contributed by atoms with Crippen molar-refractivity contribution in [3.63, 3.8) is 0 Å². The summed E-state index contributed by atoms with van der Waals surface area (Å²) in [6, 6.07) is 13.6. The van der Waals surface area contributed by atoms with Gasteiger partial charge < -0.3 is 5.32 Å². The van der Waals surface area contributed by atoms with Crippen molar-refractivity contribution in [3.05, 3.63) is 57.3 Å². The molecule has 0 amide bonds. The molecule has 2 rings (SSSR count). The first kappa shape index (κ1) is 13.3. The minimum atomic E-state index is 0.401. The van der Waals surface area contributed by atoms with Crippen molar-refractivity contribution in [2.75, 3.05) is 0 Å². The van der Waals surface area contributed by atoms with E-state index < -0.39 is 0 Å². The van der Waals surface area contributed by atoms with E-state index in [1.807, 2.05) is 11.3 Å². The standard InChI is InChI=1S/C16H21NS/c1-4-15-9-10-16(18-15)11-17-13(3)14-7-5-12(2)6-8-14/h5-10,13,17H,4,11H2,1-3H3. The highest BCUT2D eigenvalue weighted by Crippen LogP contribution is 2.19. The van der Waals surface area contributed by atoms with Crippen LogP contribution in [-0.2, 0) is 13.0 Å². The molecule has 0 aliphatic heterocycles. The van der Waals surface area contributed by atoms with Gasteiger partial charge in [0.1, 0.15) is 0 Å². The van der Waals surface area contributed by atoms with E-state index in [4.69, 9.17) is 0 Å². The van der Waals surface area contributed by atoms with Crippen LogP contribution >= 0.6 is 11.3 Å². The van der Waals surface area contributed by atoms with Gasteiger partial charge in [0.2, 0.25) is 0 Å². The molecule has 1 aromatic carbocycles. The highest BCUT2D eigenvalue weighted by molar-refractivity contribution is 7.11. The smallest absolute Gasteiger partial charge is 0.0305 e. The summed E-state index contributed by atoms with van der Waals surface area (Å²) in [5.74, 6) is 0. The molecule has 18 heavy (non-hydrogen) atoms. The SMILES string of the molecule is CCc1ccc(CNC(C)c2ccc(C)cc2)s1. The van der Waals surface area contributed by atoms with E-state index in [1.165, 1.54) is 20.9 Å². The Kier molecular flexibility index (Phi) is 4.56. The molecule has 96 valence electrons. The highest BCUT2D eigenvalue weighted by atomic mass is 32.1. The molecule has 0 saturated heterocycles. The van der Waals surface area contributed by atoms with E-state index in [-0.39, 0.29) is 0 Å². The normalized spacial score (nSPS) is 12.6. The van der Waals surface area contributed by atoms with Gasteiger partial charge in [-0.25, -0.2) is 0 Å². The number of hydrogen-bond donors (Lipinski definition) is 1. The lowest BCUT2D eigenvalue weighted by atomic mass is 10.1. The number of thiophene rings is 1. The molecule has 0 radical (unpaired) electrons. The Morgan fingerprint density at radius 2 is 1.72 bits per heavy atom. The second-order valence-corrected chi connectivity index (χ2v) is 5.99. The topological polar surface area (TPSA) is 12.0 Å². The molecule has 0 aliphatic rings. The molecule has 1 heterocycles. The third-order valence-corrected chi connectivity index (χ3v) is 4.46. The molecule has 0 saturated carbocycles. The number of rotatable bonds is 5. The third-order valence-electron chi connectivity index (χ3n) is 3.23. The van der Waals surface area contributed by atoms with Crippen LogP contribution in [-0.4, -0.2) is 0 Å². The minimum Gasteiger partial charge on any atom is -0.305 e. The third kappa shape index (κ3) is 3.44. The van der Waals surface area contributed by atoms with Gasteiger partial charge in [-0.2, -0.15) is 0 Å². The molecule has 1 atom stereocenters. The van der Waals surface area contributed by atoms with E-state index in [0.717, 1.165) is 13.0 Å². The van der Waals surface area contributed by atoms with Gasteiger partial charge in [0.25, 0.3) is 0 Å². The Balaban J connectivity index is 1.91. The molecule has 2 heteroatoms. The van der Waals surface area contributed by atoms with Crippen molar-refractivity contribution in [2.45, 2.75) is 39.8 Å². The lowest BCUT2D eigenvalue weighted by Crippen LogP contribution is -2.17. The maximum Gasteiger partial charge on any atom is 0.0305 e. The minimum absolute atomic E-state index is 0.401. The highest BCUT2D eigenvalue weighted by Gasteiger charge is 2.05. The molecule has 1 unspecified atom stereocenters. The van der Waals surface area contributed by atoms with Gasteiger partial charge >= 0.3 is 0 Å². The van der Waals surface area contributed by atoms with Gasteiger partial charge in [-0.15, -0.1) is 11.3 Å². The Hall–Kier alpha value is -1.12. The summed E-state index contributed by atoms with van der Waals surface area (Å²) >= 11 is 1.91. The van der Waals surface area contributed by atoms with E-state index >= 15 is 0 Å². The van der Waals surface area contributed by atoms with Crippen molar-refractivity contribution < 1.29 is 0 Å². The average molecular weight is 259 g/mol. The van der Waals surface area contributed by atoms with Crippen LogP contribution in [0.1, 0.15) is 40.8 Å². The summed E-state index contributed by atoms with van der Waals surface area (Å²) in [7, 11) is 0. The average Bonchev–Trinajstić information content (AvgIpc) is 2.85. The van der Waals surface area contributed by atoms with Crippen molar-refractivity contribution in [3.8, 4) is 0 Å². The van der Waals surface area contributed by atoms with Crippen LogP contribution in [0.15, 0.2) is 36.4 Å². The van der Waals surface area contributed by atoms with Crippen LogP contribution in [0.4, 0.5) is 0 Å². The summed E-state index contributed by atoms with van der Waals surface area (Å²) in [4.78, 5) is 2.89. The van der Waals surface area contributed by atoms with Crippen LogP contribution in [0, 0.1) is 6.92 Å². The fraction of sp³-hybridized carbons (Fsp3) is 0.375. The summed E-state index contributed by atoms with van der Waals surface area (Å²) in [5, 5.41) is 3.58. The fourth-order valence-electron chi connectivity index (χ4n) is 1.93. The number of benzene rings is 1. The first-order valence-electron chi connectivity index (χ1n) is 6.56. The molecular formula is C16H21NS. The van der Waals surface area contributed by atoms with Crippen LogP contribution in [0.5, 0.6) is 0 Å². The molecule has 0 fully saturated rings. The number of nitrogens with one attached hydrogen (secondary N) is 1. The largest absolute Gasteiger partial charge is 0.305 e. The molecule has 0 bridgehead atoms. The maximum absolute atomic E-state index is 3.58. The Morgan fingerprint density at radius 3 is 2.33 bits per heavy atom. The van der Waals surface area contributed by atoms with Gasteiger partial charge in [0, 0.05) is 22.3 Å². The van der Waals surface area contributed by atoms with Crippen LogP contribution in [0.2, 0.25) is 0 Å². The monoisotopic (exact) mass is 259 g/mol. The Morgan fingerprint density at radius 1 is 1.06 bits per heavy atom. The molecule has 1 aromatic heterocycles. The first-order chi connectivity index (χ1) is 8.69. The van der Waals surface area contributed by atoms with Crippen molar-refractivity contribution in [1.82, 2.24) is 5.32 Å². The van der Waals surface area contributed by atoms with Gasteiger partial charge in [-0.05, 0) is 38.0 Å². The lowest BCUT2D eigenvalue weighted by molar-refractivity contribution is 0.579. The zero-order valence-corrected chi connectivity index (χ0v) is 12.2. The van der Waals surface area contributed by atoms with Crippen molar-refractivity contribution in [2.24, 2.45) is 0 Å². The van der Waals surface area contributed by atoms with Crippen molar-refractivity contribution >= 4 is 11.3 Å². The quantitative estimate of drug-likeness (QED) is 0.835.